The lowest BCUT2D eigenvalue weighted by Gasteiger charge is -2.20. The van der Waals surface area contributed by atoms with Crippen molar-refractivity contribution in [1.82, 2.24) is 0 Å². The van der Waals surface area contributed by atoms with Gasteiger partial charge in [0, 0.05) is 6.07 Å². The lowest BCUT2D eigenvalue weighted by Crippen LogP contribution is -2.16. The van der Waals surface area contributed by atoms with Gasteiger partial charge < -0.3 is 0 Å². The molecular weight excluding hydrogens is 230 g/mol. The molecule has 1 rings (SSSR count). The van der Waals surface area contributed by atoms with Gasteiger partial charge in [0.05, 0.1) is 34.6 Å². The van der Waals surface area contributed by atoms with E-state index in [2.05, 4.69) is 0 Å². The fourth-order valence-electron chi connectivity index (χ4n) is 1.90. The monoisotopic (exact) mass is 243 g/mol. The number of hydrogen-bond acceptors (Lipinski definition) is 4. The molecule has 0 aliphatic heterocycles. The van der Waals surface area contributed by atoms with Crippen molar-refractivity contribution in [2.24, 2.45) is 0 Å². The van der Waals surface area contributed by atoms with Gasteiger partial charge in [-0.1, -0.05) is 20.8 Å². The average Bonchev–Trinajstić information content (AvgIpc) is 2.26. The van der Waals surface area contributed by atoms with Gasteiger partial charge in [-0.25, -0.2) is 0 Å². The van der Waals surface area contributed by atoms with E-state index in [1.54, 1.807) is 6.07 Å². The summed E-state index contributed by atoms with van der Waals surface area (Å²) >= 11 is 0. The highest BCUT2D eigenvalue weighted by molar-refractivity contribution is 5.56. The van der Waals surface area contributed by atoms with Crippen LogP contribution in [-0.4, -0.2) is 4.92 Å². The summed E-state index contributed by atoms with van der Waals surface area (Å²) in [5, 5.41) is 28.9. The average molecular weight is 243 g/mol. The van der Waals surface area contributed by atoms with E-state index in [0.717, 1.165) is 0 Å². The second kappa shape index (κ2) is 4.85. The van der Waals surface area contributed by atoms with E-state index in [0.29, 0.717) is 11.1 Å². The molecule has 0 amide bonds. The molecule has 1 aromatic rings. The van der Waals surface area contributed by atoms with E-state index < -0.39 is 10.3 Å². The third kappa shape index (κ3) is 2.64. The third-order valence-electron chi connectivity index (χ3n) is 2.53. The molecule has 5 nitrogen and oxygen atoms in total. The molecule has 0 N–H and O–H groups in total. The summed E-state index contributed by atoms with van der Waals surface area (Å²) in [6.45, 7) is 5.46. The van der Waals surface area contributed by atoms with Crippen molar-refractivity contribution >= 4 is 5.69 Å². The van der Waals surface area contributed by atoms with Crippen LogP contribution in [0.5, 0.6) is 0 Å². The molecule has 0 aliphatic rings. The molecule has 0 atom stereocenters. The topological polar surface area (TPSA) is 90.7 Å². The molecule has 0 fully saturated rings. The second-order valence-electron chi connectivity index (χ2n) is 4.99. The first kappa shape index (κ1) is 13.7. The predicted octanol–water partition coefficient (Wildman–Crippen LogP) is 2.83. The molecule has 0 radical (unpaired) electrons. The van der Waals surface area contributed by atoms with Crippen molar-refractivity contribution in [3.63, 3.8) is 0 Å². The summed E-state index contributed by atoms with van der Waals surface area (Å²) in [5.74, 6) is 0. The molecule has 0 saturated carbocycles. The maximum Gasteiger partial charge on any atom is 0.274 e. The van der Waals surface area contributed by atoms with Gasteiger partial charge in [0.2, 0.25) is 0 Å². The van der Waals surface area contributed by atoms with E-state index in [4.69, 9.17) is 10.5 Å². The van der Waals surface area contributed by atoms with Crippen molar-refractivity contribution in [3.8, 4) is 12.1 Å². The summed E-state index contributed by atoms with van der Waals surface area (Å²) in [6.07, 6.45) is 0.0555. The van der Waals surface area contributed by atoms with Crippen LogP contribution in [0.1, 0.15) is 37.5 Å². The van der Waals surface area contributed by atoms with E-state index >= 15 is 0 Å². The van der Waals surface area contributed by atoms with E-state index in [1.807, 2.05) is 32.9 Å². The maximum atomic E-state index is 11.1. The van der Waals surface area contributed by atoms with Crippen LogP contribution >= 0.6 is 0 Å². The minimum absolute atomic E-state index is 0.0555. The summed E-state index contributed by atoms with van der Waals surface area (Å²) in [6, 6.07) is 6.84. The molecule has 0 aliphatic carbocycles. The lowest BCUT2D eigenvalue weighted by atomic mass is 9.82. The Morgan fingerprint density at radius 3 is 2.33 bits per heavy atom. The van der Waals surface area contributed by atoms with Crippen LogP contribution in [0.25, 0.3) is 0 Å². The Bertz CT molecular complexity index is 572. The van der Waals surface area contributed by atoms with Crippen LogP contribution in [0.3, 0.4) is 0 Å². The first-order valence-electron chi connectivity index (χ1n) is 5.40. The fraction of sp³-hybridized carbons (Fsp3) is 0.385. The summed E-state index contributed by atoms with van der Waals surface area (Å²) in [7, 11) is 0. The summed E-state index contributed by atoms with van der Waals surface area (Å²) < 4.78 is 0. The Balaban J connectivity index is 3.65. The number of benzene rings is 1. The van der Waals surface area contributed by atoms with Gasteiger partial charge >= 0.3 is 0 Å². The van der Waals surface area contributed by atoms with Crippen LogP contribution in [0.4, 0.5) is 5.69 Å². The highest BCUT2D eigenvalue weighted by atomic mass is 16.6. The van der Waals surface area contributed by atoms with Crippen molar-refractivity contribution < 1.29 is 4.92 Å². The van der Waals surface area contributed by atoms with Crippen molar-refractivity contribution in [3.05, 3.63) is 38.9 Å². The Morgan fingerprint density at radius 2 is 1.94 bits per heavy atom. The normalized spacial score (nSPS) is 10.5. The van der Waals surface area contributed by atoms with Gasteiger partial charge in [0.1, 0.15) is 0 Å². The van der Waals surface area contributed by atoms with Gasteiger partial charge in [-0.15, -0.1) is 0 Å². The minimum atomic E-state index is -0.501. The van der Waals surface area contributed by atoms with Crippen LogP contribution < -0.4 is 0 Å². The quantitative estimate of drug-likeness (QED) is 0.589. The van der Waals surface area contributed by atoms with E-state index in [-0.39, 0.29) is 17.7 Å². The lowest BCUT2D eigenvalue weighted by molar-refractivity contribution is -0.386. The van der Waals surface area contributed by atoms with Gasteiger partial charge in [0.15, 0.2) is 0 Å². The number of nitrogens with zero attached hydrogens (tertiary/aromatic N) is 3. The molecule has 0 spiro atoms. The molecule has 0 unspecified atom stereocenters. The zero-order chi connectivity index (χ0) is 13.9. The molecule has 1 aromatic carbocycles. The van der Waals surface area contributed by atoms with Gasteiger partial charge in [-0.2, -0.15) is 10.5 Å². The van der Waals surface area contributed by atoms with Crippen molar-refractivity contribution in [2.45, 2.75) is 32.6 Å². The number of hydrogen-bond donors (Lipinski definition) is 0. The standard InChI is InChI=1S/C13H13N3O2/c1-13(2,3)12-10(8-15)6-9(4-5-14)7-11(12)16(17)18/h6-7H,4H2,1-3H3. The van der Waals surface area contributed by atoms with E-state index in [1.165, 1.54) is 6.07 Å². The highest BCUT2D eigenvalue weighted by Gasteiger charge is 2.29. The zero-order valence-corrected chi connectivity index (χ0v) is 10.5. The minimum Gasteiger partial charge on any atom is -0.258 e. The largest absolute Gasteiger partial charge is 0.274 e. The maximum absolute atomic E-state index is 11.1. The number of rotatable bonds is 2. The summed E-state index contributed by atoms with van der Waals surface area (Å²) in [5.41, 5.74) is 0.581. The Kier molecular flexibility index (Phi) is 3.68. The Hall–Kier alpha value is -2.40. The van der Waals surface area contributed by atoms with Crippen LogP contribution in [0.15, 0.2) is 12.1 Å². The molecule has 0 aromatic heterocycles. The molecule has 0 bridgehead atoms. The molecule has 5 heteroatoms. The van der Waals surface area contributed by atoms with Gasteiger partial charge in [-0.3, -0.25) is 10.1 Å². The predicted molar refractivity (Wildman–Crippen MR) is 65.8 cm³/mol. The SMILES string of the molecule is CC(C)(C)c1c(C#N)cc(CC#N)cc1[N+](=O)[O-]. The Morgan fingerprint density at radius 1 is 1.33 bits per heavy atom. The molecular formula is C13H13N3O2. The molecule has 18 heavy (non-hydrogen) atoms. The fourth-order valence-corrected chi connectivity index (χ4v) is 1.90. The zero-order valence-electron chi connectivity index (χ0n) is 10.5. The van der Waals surface area contributed by atoms with E-state index in [9.17, 15) is 10.1 Å². The van der Waals surface area contributed by atoms with Crippen LogP contribution in [-0.2, 0) is 11.8 Å². The number of nitriles is 2. The number of nitro benzene ring substituents is 1. The molecule has 0 saturated heterocycles. The molecule has 0 heterocycles. The second-order valence-corrected chi connectivity index (χ2v) is 4.99. The van der Waals surface area contributed by atoms with Crippen molar-refractivity contribution in [1.29, 1.82) is 10.5 Å². The van der Waals surface area contributed by atoms with Crippen LogP contribution in [0, 0.1) is 32.8 Å². The summed E-state index contributed by atoms with van der Waals surface area (Å²) in [4.78, 5) is 10.6. The highest BCUT2D eigenvalue weighted by Crippen LogP contribution is 2.35. The Labute approximate surface area is 105 Å². The van der Waals surface area contributed by atoms with Gasteiger partial charge in [-0.05, 0) is 17.0 Å². The van der Waals surface area contributed by atoms with Crippen molar-refractivity contribution in [2.75, 3.05) is 0 Å². The smallest absolute Gasteiger partial charge is 0.258 e. The first-order valence-corrected chi connectivity index (χ1v) is 5.40. The molecule has 92 valence electrons. The third-order valence-corrected chi connectivity index (χ3v) is 2.53. The first-order chi connectivity index (χ1) is 8.31. The number of nitro groups is 1. The van der Waals surface area contributed by atoms with Crippen LogP contribution in [0.2, 0.25) is 0 Å². The van der Waals surface area contributed by atoms with Gasteiger partial charge in [0.25, 0.3) is 5.69 Å².